The number of aromatic nitrogens is 1. The fraction of sp³-hybridized carbons (Fsp3) is 0.231. The molecular weight excluding hydrogens is 340 g/mol. The second kappa shape index (κ2) is 5.29. The number of allylic oxidation sites excluding steroid dienone is 2. The van der Waals surface area contributed by atoms with Crippen LogP contribution < -0.4 is 4.90 Å². The summed E-state index contributed by atoms with van der Waals surface area (Å²) in [5, 5.41) is 5.40. The lowest BCUT2D eigenvalue weighted by Crippen LogP contribution is -2.29. The summed E-state index contributed by atoms with van der Waals surface area (Å²) in [5.74, 6) is 0.457. The second-order valence-electron chi connectivity index (χ2n) is 8.54. The standard InChI is InChI=1S/C26H24N2/c1-15-5-7-17-19-9-11-22-21(25(19)27(3)23(17)13-15)12-10-20-18-8-6-16(2)14-24(18)28(4)26(20)22/h5-14,17,23H,1-4H3. The molecule has 138 valence electrons. The van der Waals surface area contributed by atoms with E-state index in [-0.39, 0.29) is 0 Å². The third kappa shape index (κ3) is 1.88. The highest BCUT2D eigenvalue weighted by molar-refractivity contribution is 6.20. The van der Waals surface area contributed by atoms with Gasteiger partial charge in [-0.2, -0.15) is 0 Å². The van der Waals surface area contributed by atoms with Crippen LogP contribution in [0.15, 0.2) is 66.3 Å². The average Bonchev–Trinajstić information content (AvgIpc) is 3.14. The smallest absolute Gasteiger partial charge is 0.0579 e. The quantitative estimate of drug-likeness (QED) is 0.360. The molecule has 2 aliphatic rings. The number of likely N-dealkylation sites (N-methyl/N-ethyl adjacent to an activating group) is 1. The third-order valence-corrected chi connectivity index (χ3v) is 6.84. The molecule has 2 unspecified atom stereocenters. The van der Waals surface area contributed by atoms with Crippen LogP contribution in [0.5, 0.6) is 0 Å². The van der Waals surface area contributed by atoms with E-state index in [4.69, 9.17) is 0 Å². The monoisotopic (exact) mass is 364 g/mol. The fourth-order valence-electron chi connectivity index (χ4n) is 5.49. The predicted molar refractivity (Wildman–Crippen MR) is 120 cm³/mol. The van der Waals surface area contributed by atoms with E-state index < -0.39 is 0 Å². The Morgan fingerprint density at radius 2 is 1.54 bits per heavy atom. The van der Waals surface area contributed by atoms with Crippen molar-refractivity contribution in [1.82, 2.24) is 4.57 Å². The molecule has 28 heavy (non-hydrogen) atoms. The molecule has 0 N–H and O–H groups in total. The molecule has 3 aromatic carbocycles. The molecule has 2 nitrogen and oxygen atoms in total. The van der Waals surface area contributed by atoms with Gasteiger partial charge in [-0.25, -0.2) is 0 Å². The van der Waals surface area contributed by atoms with Crippen LogP contribution in [0.2, 0.25) is 0 Å². The fourth-order valence-corrected chi connectivity index (χ4v) is 5.49. The Hall–Kier alpha value is -3.00. The molecule has 0 spiro atoms. The van der Waals surface area contributed by atoms with Crippen LogP contribution in [0.1, 0.15) is 24.0 Å². The summed E-state index contributed by atoms with van der Waals surface area (Å²) in [4.78, 5) is 2.48. The zero-order chi connectivity index (χ0) is 19.2. The van der Waals surface area contributed by atoms with Gasteiger partial charge in [-0.05, 0) is 31.0 Å². The first kappa shape index (κ1) is 16.0. The van der Waals surface area contributed by atoms with E-state index in [9.17, 15) is 0 Å². The minimum Gasteiger partial charge on any atom is -0.366 e. The van der Waals surface area contributed by atoms with Gasteiger partial charge in [0, 0.05) is 52.8 Å². The maximum Gasteiger partial charge on any atom is 0.0579 e. The lowest BCUT2D eigenvalue weighted by molar-refractivity contribution is 0.717. The van der Waals surface area contributed by atoms with E-state index in [1.54, 1.807) is 0 Å². The van der Waals surface area contributed by atoms with Crippen LogP contribution in [0, 0.1) is 6.92 Å². The summed E-state index contributed by atoms with van der Waals surface area (Å²) in [5.41, 5.74) is 8.16. The number of fused-ring (bicyclic) bond motifs is 9. The average molecular weight is 364 g/mol. The van der Waals surface area contributed by atoms with Crippen molar-refractivity contribution in [3.8, 4) is 0 Å². The summed E-state index contributed by atoms with van der Waals surface area (Å²) < 4.78 is 2.37. The number of benzene rings is 3. The SMILES string of the molecule is CC1=CC2C(C=C1)c1ccc3c(ccc4c5ccc(C)cc5n(C)c34)c1N2C. The van der Waals surface area contributed by atoms with Gasteiger partial charge in [0.15, 0.2) is 0 Å². The normalized spacial score (nSPS) is 20.9. The summed E-state index contributed by atoms with van der Waals surface area (Å²) in [6, 6.07) is 16.6. The van der Waals surface area contributed by atoms with E-state index in [2.05, 4.69) is 98.1 Å². The van der Waals surface area contributed by atoms with E-state index >= 15 is 0 Å². The Kier molecular flexibility index (Phi) is 3.02. The van der Waals surface area contributed by atoms with Crippen LogP contribution in [-0.4, -0.2) is 17.7 Å². The van der Waals surface area contributed by atoms with Gasteiger partial charge in [0.1, 0.15) is 0 Å². The van der Waals surface area contributed by atoms with Gasteiger partial charge in [-0.1, -0.05) is 60.2 Å². The van der Waals surface area contributed by atoms with Gasteiger partial charge in [-0.3, -0.25) is 0 Å². The van der Waals surface area contributed by atoms with Crippen molar-refractivity contribution < 1.29 is 0 Å². The largest absolute Gasteiger partial charge is 0.366 e. The van der Waals surface area contributed by atoms with Gasteiger partial charge in [0.2, 0.25) is 0 Å². The molecule has 0 amide bonds. The first-order valence-electron chi connectivity index (χ1n) is 10.1. The summed E-state index contributed by atoms with van der Waals surface area (Å²) in [6.45, 7) is 4.37. The molecule has 0 radical (unpaired) electrons. The van der Waals surface area contributed by atoms with Crippen LogP contribution >= 0.6 is 0 Å². The predicted octanol–water partition coefficient (Wildman–Crippen LogP) is 6.21. The van der Waals surface area contributed by atoms with Crippen LogP contribution in [0.25, 0.3) is 32.6 Å². The van der Waals surface area contributed by atoms with Crippen molar-refractivity contribution in [3.63, 3.8) is 0 Å². The van der Waals surface area contributed by atoms with E-state index in [0.717, 1.165) is 0 Å². The molecular formula is C26H24N2. The molecule has 0 bridgehead atoms. The molecule has 1 aliphatic carbocycles. The molecule has 2 heteroatoms. The maximum absolute atomic E-state index is 2.48. The number of rotatable bonds is 0. The Labute approximate surface area is 165 Å². The number of hydrogen-bond acceptors (Lipinski definition) is 1. The van der Waals surface area contributed by atoms with E-state index in [1.165, 1.54) is 55.0 Å². The molecule has 0 saturated carbocycles. The number of hydrogen-bond donors (Lipinski definition) is 0. The van der Waals surface area contributed by atoms with Crippen LogP contribution in [0.3, 0.4) is 0 Å². The van der Waals surface area contributed by atoms with Gasteiger partial charge in [-0.15, -0.1) is 0 Å². The van der Waals surface area contributed by atoms with Gasteiger partial charge in [0.25, 0.3) is 0 Å². The van der Waals surface area contributed by atoms with Crippen molar-refractivity contribution >= 4 is 38.3 Å². The molecule has 1 aliphatic heterocycles. The van der Waals surface area contributed by atoms with Crippen molar-refractivity contribution in [2.24, 2.45) is 7.05 Å². The molecule has 2 atom stereocenters. The zero-order valence-corrected chi connectivity index (χ0v) is 16.8. The molecule has 4 aromatic rings. The summed E-state index contributed by atoms with van der Waals surface area (Å²) in [7, 11) is 4.45. The zero-order valence-electron chi connectivity index (χ0n) is 16.8. The Balaban J connectivity index is 1.71. The van der Waals surface area contributed by atoms with E-state index in [1.807, 2.05) is 0 Å². The highest BCUT2D eigenvalue weighted by Gasteiger charge is 2.36. The maximum atomic E-state index is 2.48. The third-order valence-electron chi connectivity index (χ3n) is 6.84. The molecule has 1 aromatic heterocycles. The van der Waals surface area contributed by atoms with Gasteiger partial charge < -0.3 is 9.47 Å². The number of nitrogens with zero attached hydrogens (tertiary/aromatic N) is 2. The summed E-state index contributed by atoms with van der Waals surface area (Å²) in [6.07, 6.45) is 7.06. The first-order chi connectivity index (χ1) is 13.5. The van der Waals surface area contributed by atoms with Crippen LogP contribution in [-0.2, 0) is 7.05 Å². The first-order valence-corrected chi connectivity index (χ1v) is 10.1. The Bertz CT molecular complexity index is 1370. The molecule has 6 rings (SSSR count). The lowest BCUT2D eigenvalue weighted by atomic mass is 9.88. The van der Waals surface area contributed by atoms with Gasteiger partial charge in [0.05, 0.1) is 11.6 Å². The highest BCUT2D eigenvalue weighted by atomic mass is 15.2. The van der Waals surface area contributed by atoms with Crippen molar-refractivity contribution in [2.45, 2.75) is 25.8 Å². The number of anilines is 1. The second-order valence-corrected chi connectivity index (χ2v) is 8.54. The van der Waals surface area contributed by atoms with Crippen molar-refractivity contribution in [3.05, 3.63) is 77.4 Å². The number of aryl methyl sites for hydroxylation is 2. The molecule has 0 saturated heterocycles. The molecule has 0 fully saturated rings. The molecule has 2 heterocycles. The Morgan fingerprint density at radius 1 is 0.821 bits per heavy atom. The lowest BCUT2D eigenvalue weighted by Gasteiger charge is -2.25. The van der Waals surface area contributed by atoms with E-state index in [0.29, 0.717) is 12.0 Å². The van der Waals surface area contributed by atoms with Gasteiger partial charge >= 0.3 is 0 Å². The van der Waals surface area contributed by atoms with Crippen molar-refractivity contribution in [2.75, 3.05) is 11.9 Å². The minimum atomic E-state index is 0.427. The Morgan fingerprint density at radius 3 is 2.39 bits per heavy atom. The van der Waals surface area contributed by atoms with Crippen molar-refractivity contribution in [1.29, 1.82) is 0 Å². The highest BCUT2D eigenvalue weighted by Crippen LogP contribution is 2.48. The topological polar surface area (TPSA) is 8.17 Å². The van der Waals surface area contributed by atoms with Crippen LogP contribution in [0.4, 0.5) is 5.69 Å². The summed E-state index contributed by atoms with van der Waals surface area (Å²) >= 11 is 0. The minimum absolute atomic E-state index is 0.427.